The van der Waals surface area contributed by atoms with Gasteiger partial charge in [-0.3, -0.25) is 0 Å². The number of carbonyl (C=O) groups is 3. The van der Waals surface area contributed by atoms with E-state index in [-0.39, 0.29) is 5.57 Å². The lowest BCUT2D eigenvalue weighted by molar-refractivity contribution is -0.153. The summed E-state index contributed by atoms with van der Waals surface area (Å²) in [5.41, 5.74) is 0.278. The van der Waals surface area contributed by atoms with E-state index in [0.29, 0.717) is 6.42 Å². The fourth-order valence-corrected chi connectivity index (χ4v) is 0.433. The summed E-state index contributed by atoms with van der Waals surface area (Å²) in [5.74, 6) is -1.82. The van der Waals surface area contributed by atoms with Gasteiger partial charge >= 0.3 is 17.9 Å². The van der Waals surface area contributed by atoms with Crippen molar-refractivity contribution in [2.75, 3.05) is 7.11 Å². The van der Waals surface area contributed by atoms with Crippen LogP contribution >= 0.6 is 0 Å². The van der Waals surface area contributed by atoms with E-state index >= 15 is 0 Å². The topological polar surface area (TPSA) is 69.7 Å². The quantitative estimate of drug-likeness (QED) is 0.423. The molecule has 0 rings (SSSR count). The molecule has 5 nitrogen and oxygen atoms in total. The van der Waals surface area contributed by atoms with Gasteiger partial charge in [0.1, 0.15) is 0 Å². The van der Waals surface area contributed by atoms with Crippen LogP contribution in [0.25, 0.3) is 0 Å². The normalized spacial score (nSPS) is 7.88. The van der Waals surface area contributed by atoms with Crippen molar-refractivity contribution >= 4 is 17.9 Å². The molecule has 5 heteroatoms. The maximum atomic E-state index is 10.8. The Morgan fingerprint density at radius 1 is 1.12 bits per heavy atom. The van der Waals surface area contributed by atoms with Crippen LogP contribution in [-0.4, -0.2) is 25.0 Å². The molecule has 0 unspecified atom stereocenters. The second-order valence-corrected chi connectivity index (χ2v) is 2.60. The first kappa shape index (κ1) is 17.2. The molecule has 0 saturated carbocycles. The first-order valence-electron chi connectivity index (χ1n) is 4.69. The third kappa shape index (κ3) is 10.1. The summed E-state index contributed by atoms with van der Waals surface area (Å²) in [6.45, 7) is 11.5. The molecule has 0 saturated heterocycles. The van der Waals surface area contributed by atoms with E-state index in [9.17, 15) is 14.4 Å². The molecule has 0 aliphatic heterocycles. The van der Waals surface area contributed by atoms with E-state index in [1.165, 1.54) is 7.11 Å². The Morgan fingerprint density at radius 3 is 1.82 bits per heavy atom. The molecule has 0 fully saturated rings. The summed E-state index contributed by atoms with van der Waals surface area (Å²) < 4.78 is 8.40. The molecule has 0 heterocycles. The molecular weight excluding hydrogens is 224 g/mol. The lowest BCUT2D eigenvalue weighted by Gasteiger charge is -1.98. The molecule has 0 N–H and O–H groups in total. The van der Waals surface area contributed by atoms with Crippen molar-refractivity contribution in [2.24, 2.45) is 0 Å². The first-order chi connectivity index (χ1) is 7.92. The molecule has 0 radical (unpaired) electrons. The van der Waals surface area contributed by atoms with Crippen molar-refractivity contribution < 1.29 is 23.9 Å². The zero-order chi connectivity index (χ0) is 13.8. The van der Waals surface area contributed by atoms with E-state index in [1.807, 2.05) is 0 Å². The molecule has 0 aromatic rings. The van der Waals surface area contributed by atoms with Crippen molar-refractivity contribution in [1.29, 1.82) is 0 Å². The van der Waals surface area contributed by atoms with Gasteiger partial charge in [-0.15, -0.1) is 0 Å². The molecule has 0 aromatic carbocycles. The SMILES string of the molecule is C=CC(=O)OC.C=CC(=O)OC(=O)C(=C)CC. The summed E-state index contributed by atoms with van der Waals surface area (Å²) in [6.07, 6.45) is 2.52. The van der Waals surface area contributed by atoms with Crippen molar-refractivity contribution in [3.8, 4) is 0 Å². The number of carbonyl (C=O) groups excluding carboxylic acids is 3. The van der Waals surface area contributed by atoms with Gasteiger partial charge in [0.25, 0.3) is 0 Å². The maximum Gasteiger partial charge on any atom is 0.341 e. The van der Waals surface area contributed by atoms with Gasteiger partial charge in [-0.05, 0) is 6.42 Å². The highest BCUT2D eigenvalue weighted by Crippen LogP contribution is 1.99. The Bertz CT molecular complexity index is 328. The number of esters is 3. The average Bonchev–Trinajstić information content (AvgIpc) is 2.36. The summed E-state index contributed by atoms with van der Waals surface area (Å²) in [5, 5.41) is 0. The van der Waals surface area contributed by atoms with E-state index in [0.717, 1.165) is 12.2 Å². The summed E-state index contributed by atoms with van der Waals surface area (Å²) in [7, 11) is 1.31. The van der Waals surface area contributed by atoms with Crippen molar-refractivity contribution in [3.63, 3.8) is 0 Å². The number of hydrogen-bond acceptors (Lipinski definition) is 5. The van der Waals surface area contributed by atoms with Crippen molar-refractivity contribution in [1.82, 2.24) is 0 Å². The smallest absolute Gasteiger partial charge is 0.341 e. The van der Waals surface area contributed by atoms with Gasteiger partial charge in [0.05, 0.1) is 7.11 Å². The minimum absolute atomic E-state index is 0.278. The standard InChI is InChI=1S/C8H10O3.C4H6O2/c1-4-6(3)8(10)11-7(9)5-2;1-3-4(5)6-2/h5H,2-4H2,1H3;3H,1H2,2H3. The Balaban J connectivity index is 0. The number of rotatable bonds is 4. The van der Waals surface area contributed by atoms with Gasteiger partial charge in [-0.1, -0.05) is 26.7 Å². The summed E-state index contributed by atoms with van der Waals surface area (Å²) in [6, 6.07) is 0. The fourth-order valence-electron chi connectivity index (χ4n) is 0.433. The van der Waals surface area contributed by atoms with Crippen LogP contribution in [0.4, 0.5) is 0 Å². The highest BCUT2D eigenvalue weighted by molar-refractivity contribution is 5.98. The lowest BCUT2D eigenvalue weighted by atomic mass is 10.2. The van der Waals surface area contributed by atoms with E-state index < -0.39 is 17.9 Å². The van der Waals surface area contributed by atoms with Crippen LogP contribution in [-0.2, 0) is 23.9 Å². The molecule has 0 bridgehead atoms. The average molecular weight is 240 g/mol. The predicted molar refractivity (Wildman–Crippen MR) is 62.9 cm³/mol. The third-order valence-corrected chi connectivity index (χ3v) is 1.44. The van der Waals surface area contributed by atoms with E-state index in [4.69, 9.17) is 0 Å². The van der Waals surface area contributed by atoms with Crippen LogP contribution in [0.3, 0.4) is 0 Å². The molecule has 0 atom stereocenters. The molecule has 17 heavy (non-hydrogen) atoms. The van der Waals surface area contributed by atoms with Gasteiger partial charge in [-0.2, -0.15) is 0 Å². The van der Waals surface area contributed by atoms with Crippen LogP contribution in [0, 0.1) is 0 Å². The fraction of sp³-hybridized carbons (Fsp3) is 0.250. The highest BCUT2D eigenvalue weighted by Gasteiger charge is 2.08. The molecule has 0 aliphatic rings. The van der Waals surface area contributed by atoms with E-state index in [1.54, 1.807) is 6.92 Å². The van der Waals surface area contributed by atoms with Crippen LogP contribution in [0.5, 0.6) is 0 Å². The Morgan fingerprint density at radius 2 is 1.59 bits per heavy atom. The molecule has 0 aromatic heterocycles. The predicted octanol–water partition coefficient (Wildman–Crippen LogP) is 1.55. The molecule has 0 spiro atoms. The molecule has 94 valence electrons. The zero-order valence-corrected chi connectivity index (χ0v) is 10.0. The maximum absolute atomic E-state index is 10.8. The summed E-state index contributed by atoms with van der Waals surface area (Å²) >= 11 is 0. The Labute approximate surface area is 100 Å². The zero-order valence-electron chi connectivity index (χ0n) is 10.0. The minimum Gasteiger partial charge on any atom is -0.466 e. The van der Waals surface area contributed by atoms with Crippen LogP contribution < -0.4 is 0 Å². The first-order valence-corrected chi connectivity index (χ1v) is 4.69. The van der Waals surface area contributed by atoms with Gasteiger partial charge in [0.2, 0.25) is 0 Å². The van der Waals surface area contributed by atoms with Crippen LogP contribution in [0.1, 0.15) is 13.3 Å². The highest BCUT2D eigenvalue weighted by atomic mass is 16.6. The Hall–Kier alpha value is -2.17. The third-order valence-electron chi connectivity index (χ3n) is 1.44. The minimum atomic E-state index is -0.746. The van der Waals surface area contributed by atoms with Gasteiger partial charge in [0.15, 0.2) is 0 Å². The number of hydrogen-bond donors (Lipinski definition) is 0. The molecular formula is C12H16O5. The monoisotopic (exact) mass is 240 g/mol. The summed E-state index contributed by atoms with van der Waals surface area (Å²) in [4.78, 5) is 31.0. The number of methoxy groups -OCH3 is 1. The molecule has 0 aliphatic carbocycles. The van der Waals surface area contributed by atoms with Crippen LogP contribution in [0.15, 0.2) is 37.5 Å². The van der Waals surface area contributed by atoms with Gasteiger partial charge in [-0.25, -0.2) is 14.4 Å². The Kier molecular flexibility index (Phi) is 10.5. The van der Waals surface area contributed by atoms with Crippen molar-refractivity contribution in [2.45, 2.75) is 13.3 Å². The second-order valence-electron chi connectivity index (χ2n) is 2.60. The van der Waals surface area contributed by atoms with Gasteiger partial charge < -0.3 is 9.47 Å². The largest absolute Gasteiger partial charge is 0.466 e. The van der Waals surface area contributed by atoms with Gasteiger partial charge in [0, 0.05) is 17.7 Å². The lowest BCUT2D eigenvalue weighted by Crippen LogP contribution is -2.10. The molecule has 0 amide bonds. The number of ether oxygens (including phenoxy) is 2. The van der Waals surface area contributed by atoms with Crippen molar-refractivity contribution in [3.05, 3.63) is 37.5 Å². The second kappa shape index (κ2) is 10.4. The van der Waals surface area contributed by atoms with E-state index in [2.05, 4.69) is 29.2 Å². The van der Waals surface area contributed by atoms with Crippen LogP contribution in [0.2, 0.25) is 0 Å².